The van der Waals surface area contributed by atoms with Crippen LogP contribution < -0.4 is 0 Å². The Morgan fingerprint density at radius 3 is 2.50 bits per heavy atom. The predicted octanol–water partition coefficient (Wildman–Crippen LogP) is 3.21. The lowest BCUT2D eigenvalue weighted by atomic mass is 10.0. The summed E-state index contributed by atoms with van der Waals surface area (Å²) in [5, 5.41) is 0.156. The first-order valence-corrected chi connectivity index (χ1v) is 5.44. The second-order valence-corrected chi connectivity index (χ2v) is 4.25. The molecule has 0 fully saturated rings. The lowest BCUT2D eigenvalue weighted by Gasteiger charge is -2.16. The normalized spacial score (nSPS) is 15.2. The molecule has 0 amide bonds. The number of alkyl halides is 1. The van der Waals surface area contributed by atoms with E-state index in [9.17, 15) is 0 Å². The molecule has 0 aliphatic carbocycles. The molecule has 0 aromatic carbocycles. The minimum absolute atomic E-state index is 0.156. The van der Waals surface area contributed by atoms with Gasteiger partial charge < -0.3 is 0 Å². The van der Waals surface area contributed by atoms with Crippen LogP contribution in [-0.2, 0) is 0 Å². The van der Waals surface area contributed by atoms with Crippen molar-refractivity contribution in [3.05, 3.63) is 23.3 Å². The number of nitrogens with zero attached hydrogens (tertiary/aromatic N) is 2. The fourth-order valence-corrected chi connectivity index (χ4v) is 1.65. The molecule has 1 rings (SSSR count). The Morgan fingerprint density at radius 1 is 1.36 bits per heavy atom. The SMILES string of the molecule is CCC(Cl)C(C)c1cc(C)nc(C)n1. The molecule has 78 valence electrons. The van der Waals surface area contributed by atoms with E-state index in [-0.39, 0.29) is 5.38 Å². The van der Waals surface area contributed by atoms with E-state index in [4.69, 9.17) is 11.6 Å². The Bertz CT molecular complexity index is 292. The van der Waals surface area contributed by atoms with Gasteiger partial charge in [0.05, 0.1) is 0 Å². The van der Waals surface area contributed by atoms with Crippen molar-refractivity contribution in [3.63, 3.8) is 0 Å². The van der Waals surface area contributed by atoms with Crippen LogP contribution in [0.5, 0.6) is 0 Å². The first-order chi connectivity index (χ1) is 6.54. The van der Waals surface area contributed by atoms with E-state index in [1.54, 1.807) is 0 Å². The fourth-order valence-electron chi connectivity index (χ4n) is 1.52. The molecule has 0 spiro atoms. The summed E-state index contributed by atoms with van der Waals surface area (Å²) in [6.45, 7) is 8.11. The molecule has 0 aliphatic rings. The molecule has 3 heteroatoms. The zero-order valence-corrected chi connectivity index (χ0v) is 9.97. The Labute approximate surface area is 90.7 Å². The van der Waals surface area contributed by atoms with Gasteiger partial charge in [0, 0.05) is 22.7 Å². The Hall–Kier alpha value is -0.630. The monoisotopic (exact) mass is 212 g/mol. The molecule has 0 N–H and O–H groups in total. The van der Waals surface area contributed by atoms with Crippen molar-refractivity contribution < 1.29 is 0 Å². The largest absolute Gasteiger partial charge is 0.239 e. The van der Waals surface area contributed by atoms with Crippen molar-refractivity contribution in [2.75, 3.05) is 0 Å². The lowest BCUT2D eigenvalue weighted by Crippen LogP contribution is -2.11. The molecule has 1 aromatic rings. The molecule has 0 aliphatic heterocycles. The molecular weight excluding hydrogens is 196 g/mol. The molecule has 1 heterocycles. The van der Waals surface area contributed by atoms with Gasteiger partial charge in [-0.3, -0.25) is 0 Å². The zero-order chi connectivity index (χ0) is 10.7. The Morgan fingerprint density at radius 2 is 2.00 bits per heavy atom. The quantitative estimate of drug-likeness (QED) is 0.720. The summed E-state index contributed by atoms with van der Waals surface area (Å²) in [5.41, 5.74) is 2.07. The van der Waals surface area contributed by atoms with Gasteiger partial charge in [0.2, 0.25) is 0 Å². The van der Waals surface area contributed by atoms with Crippen LogP contribution >= 0.6 is 11.6 Å². The van der Waals surface area contributed by atoms with Crippen LogP contribution in [0.3, 0.4) is 0 Å². The number of hydrogen-bond acceptors (Lipinski definition) is 2. The molecule has 0 saturated carbocycles. The highest BCUT2D eigenvalue weighted by molar-refractivity contribution is 6.21. The molecule has 2 nitrogen and oxygen atoms in total. The third-order valence-corrected chi connectivity index (χ3v) is 3.07. The second-order valence-electron chi connectivity index (χ2n) is 3.69. The van der Waals surface area contributed by atoms with Crippen LogP contribution in [0.1, 0.15) is 43.4 Å². The predicted molar refractivity (Wildman–Crippen MR) is 59.9 cm³/mol. The number of rotatable bonds is 3. The zero-order valence-electron chi connectivity index (χ0n) is 9.21. The van der Waals surface area contributed by atoms with Crippen molar-refractivity contribution in [3.8, 4) is 0 Å². The smallest absolute Gasteiger partial charge is 0.125 e. The number of aromatic nitrogens is 2. The van der Waals surface area contributed by atoms with E-state index in [0.717, 1.165) is 23.6 Å². The van der Waals surface area contributed by atoms with Crippen molar-refractivity contribution in [2.45, 2.75) is 45.4 Å². The van der Waals surface area contributed by atoms with Crippen LogP contribution in [0.4, 0.5) is 0 Å². The van der Waals surface area contributed by atoms with Gasteiger partial charge in [-0.2, -0.15) is 0 Å². The van der Waals surface area contributed by atoms with E-state index < -0.39 is 0 Å². The van der Waals surface area contributed by atoms with Crippen LogP contribution in [0, 0.1) is 13.8 Å². The van der Waals surface area contributed by atoms with Gasteiger partial charge >= 0.3 is 0 Å². The van der Waals surface area contributed by atoms with Crippen LogP contribution in [0.25, 0.3) is 0 Å². The number of hydrogen-bond donors (Lipinski definition) is 0. The maximum Gasteiger partial charge on any atom is 0.125 e. The van der Waals surface area contributed by atoms with Crippen molar-refractivity contribution in [1.29, 1.82) is 0 Å². The van der Waals surface area contributed by atoms with Gasteiger partial charge in [-0.15, -0.1) is 11.6 Å². The molecule has 0 radical (unpaired) electrons. The number of halogens is 1. The first-order valence-electron chi connectivity index (χ1n) is 5.00. The minimum atomic E-state index is 0.156. The van der Waals surface area contributed by atoms with E-state index in [2.05, 4.69) is 23.8 Å². The number of aryl methyl sites for hydroxylation is 2. The van der Waals surface area contributed by atoms with Gasteiger partial charge in [0.1, 0.15) is 5.82 Å². The highest BCUT2D eigenvalue weighted by Crippen LogP contribution is 2.24. The molecule has 2 atom stereocenters. The fraction of sp³-hybridized carbons (Fsp3) is 0.636. The van der Waals surface area contributed by atoms with Crippen molar-refractivity contribution in [1.82, 2.24) is 9.97 Å². The third kappa shape index (κ3) is 2.68. The van der Waals surface area contributed by atoms with Gasteiger partial charge in [-0.25, -0.2) is 9.97 Å². The van der Waals surface area contributed by atoms with Crippen molar-refractivity contribution in [2.24, 2.45) is 0 Å². The molecule has 0 bridgehead atoms. The van der Waals surface area contributed by atoms with Gasteiger partial charge in [-0.1, -0.05) is 13.8 Å². The van der Waals surface area contributed by atoms with Gasteiger partial charge in [-0.05, 0) is 26.3 Å². The Balaban J connectivity index is 2.94. The highest BCUT2D eigenvalue weighted by atomic mass is 35.5. The van der Waals surface area contributed by atoms with E-state index in [1.165, 1.54) is 0 Å². The maximum absolute atomic E-state index is 6.19. The van der Waals surface area contributed by atoms with Crippen molar-refractivity contribution >= 4 is 11.6 Å². The molecule has 14 heavy (non-hydrogen) atoms. The van der Waals surface area contributed by atoms with Gasteiger partial charge in [0.15, 0.2) is 0 Å². The summed E-state index contributed by atoms with van der Waals surface area (Å²) in [6.07, 6.45) is 0.963. The summed E-state index contributed by atoms with van der Waals surface area (Å²) in [7, 11) is 0. The Kier molecular flexibility index (Phi) is 3.87. The molecule has 1 aromatic heterocycles. The maximum atomic E-state index is 6.19. The van der Waals surface area contributed by atoms with Crippen LogP contribution in [0.15, 0.2) is 6.07 Å². The van der Waals surface area contributed by atoms with E-state index in [0.29, 0.717) is 5.92 Å². The third-order valence-electron chi connectivity index (χ3n) is 2.38. The summed E-state index contributed by atoms with van der Waals surface area (Å²) < 4.78 is 0. The van der Waals surface area contributed by atoms with E-state index >= 15 is 0 Å². The average molecular weight is 213 g/mol. The summed E-state index contributed by atoms with van der Waals surface area (Å²) in [4.78, 5) is 8.66. The summed E-state index contributed by atoms with van der Waals surface area (Å²) in [5.74, 6) is 1.12. The van der Waals surface area contributed by atoms with Crippen LogP contribution in [0.2, 0.25) is 0 Å². The summed E-state index contributed by atoms with van der Waals surface area (Å²) in [6, 6.07) is 2.02. The summed E-state index contributed by atoms with van der Waals surface area (Å²) >= 11 is 6.19. The molecule has 2 unspecified atom stereocenters. The van der Waals surface area contributed by atoms with E-state index in [1.807, 2.05) is 19.9 Å². The molecule has 0 saturated heterocycles. The van der Waals surface area contributed by atoms with Crippen LogP contribution in [-0.4, -0.2) is 15.3 Å². The first kappa shape index (κ1) is 11.4. The molecular formula is C11H17ClN2. The second kappa shape index (κ2) is 4.74. The average Bonchev–Trinajstić information content (AvgIpc) is 2.14. The lowest BCUT2D eigenvalue weighted by molar-refractivity contribution is 0.650. The standard InChI is InChI=1S/C11H17ClN2/c1-5-10(12)8(3)11-6-7(2)13-9(4)14-11/h6,8,10H,5H2,1-4H3. The minimum Gasteiger partial charge on any atom is -0.239 e. The van der Waals surface area contributed by atoms with Gasteiger partial charge in [0.25, 0.3) is 0 Å². The topological polar surface area (TPSA) is 25.8 Å². The highest BCUT2D eigenvalue weighted by Gasteiger charge is 2.16.